The molecule has 1 aromatic heterocycles. The van der Waals surface area contributed by atoms with Crippen molar-refractivity contribution in [3.8, 4) is 0 Å². The van der Waals surface area contributed by atoms with Crippen molar-refractivity contribution < 1.29 is 0 Å². The van der Waals surface area contributed by atoms with Crippen molar-refractivity contribution in [3.63, 3.8) is 0 Å². The summed E-state index contributed by atoms with van der Waals surface area (Å²) in [4.78, 5) is 5.44. The third kappa shape index (κ3) is 6.15. The average Bonchev–Trinajstić information content (AvgIpc) is 3.68. The molecule has 0 saturated heterocycles. The SMILES string of the molecule is Cc1cc2c3c(c1)N(c1ccc4ccc5ccccc5c4c1)c1c(sc4cc5c(cc14)C(C)(C)CCC5(C)C)B3c1cc3c(cc1N2c1ccc2c(c1)C(C)(C)CCC2(C)C)C(C)(C)CCC3(C)C. The van der Waals surface area contributed by atoms with Gasteiger partial charge in [-0.1, -0.05) is 138 Å². The van der Waals surface area contributed by atoms with Crippen LogP contribution in [0.4, 0.5) is 34.1 Å². The second-order valence-corrected chi connectivity index (χ2v) is 27.3. The Morgan fingerprint density at radius 2 is 0.913 bits per heavy atom. The predicted molar refractivity (Wildman–Crippen MR) is 301 cm³/mol. The van der Waals surface area contributed by atoms with Crippen LogP contribution in [0.3, 0.4) is 0 Å². The van der Waals surface area contributed by atoms with Crippen LogP contribution in [0.15, 0.2) is 109 Å². The third-order valence-electron chi connectivity index (χ3n) is 18.8. The van der Waals surface area contributed by atoms with Crippen molar-refractivity contribution in [1.29, 1.82) is 0 Å². The zero-order chi connectivity index (χ0) is 48.1. The molecular weight excluding hydrogens is 852 g/mol. The van der Waals surface area contributed by atoms with Crippen molar-refractivity contribution in [2.75, 3.05) is 9.80 Å². The number of fused-ring (bicyclic) bond motifs is 12. The molecular formula is C65H69BN2S. The topological polar surface area (TPSA) is 6.48 Å². The molecule has 0 saturated carbocycles. The van der Waals surface area contributed by atoms with Gasteiger partial charge in [-0.2, -0.15) is 0 Å². The van der Waals surface area contributed by atoms with Crippen LogP contribution < -0.4 is 25.5 Å². The van der Waals surface area contributed by atoms with Crippen LogP contribution in [0.2, 0.25) is 0 Å². The Morgan fingerprint density at radius 1 is 0.420 bits per heavy atom. The summed E-state index contributed by atoms with van der Waals surface area (Å²) in [7, 11) is 0. The van der Waals surface area contributed by atoms with Gasteiger partial charge in [-0.25, -0.2) is 0 Å². The molecule has 0 unspecified atom stereocenters. The molecule has 69 heavy (non-hydrogen) atoms. The number of hydrogen-bond donors (Lipinski definition) is 0. The molecule has 0 atom stereocenters. The number of benzene rings is 7. The molecule has 0 amide bonds. The Bertz CT molecular complexity index is 3560. The molecule has 0 bridgehead atoms. The van der Waals surface area contributed by atoms with Gasteiger partial charge in [-0.05, 0) is 204 Å². The summed E-state index contributed by atoms with van der Waals surface area (Å²) in [6, 6.07) is 44.2. The van der Waals surface area contributed by atoms with E-state index in [1.165, 1.54) is 159 Å². The van der Waals surface area contributed by atoms with Gasteiger partial charge in [-0.3, -0.25) is 0 Å². The van der Waals surface area contributed by atoms with Crippen LogP contribution in [-0.4, -0.2) is 6.71 Å². The molecule has 2 aliphatic heterocycles. The zero-order valence-corrected chi connectivity index (χ0v) is 44.3. The third-order valence-corrected chi connectivity index (χ3v) is 20.0. The van der Waals surface area contributed by atoms with E-state index in [2.05, 4.69) is 220 Å². The molecule has 0 fully saturated rings. The van der Waals surface area contributed by atoms with Crippen molar-refractivity contribution in [1.82, 2.24) is 0 Å². The smallest absolute Gasteiger partial charge is 0.264 e. The van der Waals surface area contributed by atoms with Gasteiger partial charge in [0.05, 0.1) is 5.69 Å². The Balaban J connectivity index is 1.17. The highest BCUT2D eigenvalue weighted by Gasteiger charge is 2.49. The zero-order valence-electron chi connectivity index (χ0n) is 43.5. The Kier molecular flexibility index (Phi) is 8.84. The Labute approximate surface area is 416 Å². The highest BCUT2D eigenvalue weighted by Crippen LogP contribution is 2.55. The van der Waals surface area contributed by atoms with Gasteiger partial charge >= 0.3 is 0 Å². The van der Waals surface area contributed by atoms with Crippen LogP contribution in [0, 0.1) is 6.92 Å². The maximum absolute atomic E-state index is 2.73. The summed E-state index contributed by atoms with van der Waals surface area (Å²) >= 11 is 2.08. The Hall–Kier alpha value is -5.32. The fourth-order valence-electron chi connectivity index (χ4n) is 14.1. The van der Waals surface area contributed by atoms with Gasteiger partial charge in [0.1, 0.15) is 0 Å². The minimum Gasteiger partial charge on any atom is -0.311 e. The molecule has 8 aromatic rings. The van der Waals surface area contributed by atoms with E-state index in [0.29, 0.717) is 0 Å². The molecule has 13 rings (SSSR count). The van der Waals surface area contributed by atoms with E-state index < -0.39 is 0 Å². The molecule has 3 heterocycles. The van der Waals surface area contributed by atoms with Gasteiger partial charge in [0.2, 0.25) is 0 Å². The minimum atomic E-state index is 0.0658. The van der Waals surface area contributed by atoms with Gasteiger partial charge in [-0.15, -0.1) is 11.3 Å². The minimum absolute atomic E-state index is 0.0658. The summed E-state index contributed by atoms with van der Waals surface area (Å²) in [5.41, 5.74) is 21.7. The lowest BCUT2D eigenvalue weighted by molar-refractivity contribution is 0.332. The van der Waals surface area contributed by atoms with E-state index in [0.717, 1.165) is 0 Å². The average molecular weight is 921 g/mol. The fraction of sp³-hybridized carbons (Fsp3) is 0.385. The Morgan fingerprint density at radius 3 is 1.57 bits per heavy atom. The standard InChI is InChI=1S/C65H69BN2S/c1-38-30-54-57-55(31-38)68(41-21-20-40-19-18-39-16-14-15-17-43(39)44(40)32-41)58-45-34-48-51(65(12,13)29-26-62(48,6)7)37-56(45)69-59(58)66(57)52-35-49-50(64(10,11)28-27-63(49,8)9)36-53(52)67(54)42-22-23-46-47(33-42)61(4,5)25-24-60(46,2)3/h14-23,30-37H,24-29H2,1-13H3. The molecule has 0 N–H and O–H groups in total. The first-order chi connectivity index (χ1) is 32.5. The summed E-state index contributed by atoms with van der Waals surface area (Å²) in [5.74, 6) is 0. The highest BCUT2D eigenvalue weighted by atomic mass is 32.1. The van der Waals surface area contributed by atoms with Gasteiger partial charge in [0.25, 0.3) is 6.71 Å². The van der Waals surface area contributed by atoms with Crippen LogP contribution in [-0.2, 0) is 32.5 Å². The quantitative estimate of drug-likeness (QED) is 0.126. The molecule has 0 spiro atoms. The maximum Gasteiger partial charge on any atom is 0.264 e. The first-order valence-electron chi connectivity index (χ1n) is 26.2. The second-order valence-electron chi connectivity index (χ2n) is 26.2. The molecule has 0 radical (unpaired) electrons. The van der Waals surface area contributed by atoms with E-state index in [4.69, 9.17) is 0 Å². The van der Waals surface area contributed by atoms with Crippen molar-refractivity contribution in [3.05, 3.63) is 148 Å². The predicted octanol–water partition coefficient (Wildman–Crippen LogP) is 16.6. The summed E-state index contributed by atoms with van der Waals surface area (Å²) in [6.45, 7) is 32.3. The van der Waals surface area contributed by atoms with E-state index >= 15 is 0 Å². The van der Waals surface area contributed by atoms with E-state index in [1.807, 2.05) is 0 Å². The molecule has 4 heteroatoms. The number of nitrogens with zero attached hydrogens (tertiary/aromatic N) is 2. The normalized spacial score (nSPS) is 20.5. The second kappa shape index (κ2) is 14.0. The van der Waals surface area contributed by atoms with Gasteiger partial charge in [0, 0.05) is 43.3 Å². The first kappa shape index (κ1) is 43.7. The molecule has 5 aliphatic rings. The monoisotopic (exact) mass is 921 g/mol. The van der Waals surface area contributed by atoms with Crippen molar-refractivity contribution in [2.45, 2.75) is 161 Å². The van der Waals surface area contributed by atoms with E-state index in [1.54, 1.807) is 0 Å². The van der Waals surface area contributed by atoms with Crippen LogP contribution >= 0.6 is 11.3 Å². The van der Waals surface area contributed by atoms with Crippen LogP contribution in [0.5, 0.6) is 0 Å². The number of anilines is 6. The number of rotatable bonds is 2. The highest BCUT2D eigenvalue weighted by molar-refractivity contribution is 7.33. The number of thiophene rings is 1. The lowest BCUT2D eigenvalue weighted by Gasteiger charge is -2.47. The lowest BCUT2D eigenvalue weighted by Crippen LogP contribution is -2.61. The van der Waals surface area contributed by atoms with E-state index in [9.17, 15) is 0 Å². The first-order valence-corrected chi connectivity index (χ1v) is 27.0. The van der Waals surface area contributed by atoms with E-state index in [-0.39, 0.29) is 39.2 Å². The van der Waals surface area contributed by atoms with Crippen LogP contribution in [0.1, 0.15) is 161 Å². The largest absolute Gasteiger partial charge is 0.311 e. The van der Waals surface area contributed by atoms with Crippen molar-refractivity contribution >= 4 is 99.5 Å². The maximum atomic E-state index is 2.73. The summed E-state index contributed by atoms with van der Waals surface area (Å²) in [5, 5.41) is 6.57. The lowest BCUT2D eigenvalue weighted by atomic mass is 9.35. The molecule has 2 nitrogen and oxygen atoms in total. The van der Waals surface area contributed by atoms with Gasteiger partial charge < -0.3 is 9.80 Å². The summed E-state index contributed by atoms with van der Waals surface area (Å²) < 4.78 is 2.88. The summed E-state index contributed by atoms with van der Waals surface area (Å²) in [6.07, 6.45) is 7.16. The van der Waals surface area contributed by atoms with Crippen molar-refractivity contribution in [2.24, 2.45) is 0 Å². The van der Waals surface area contributed by atoms with Crippen LogP contribution in [0.25, 0.3) is 31.6 Å². The molecule has 348 valence electrons. The molecule has 3 aliphatic carbocycles. The number of aryl methyl sites for hydroxylation is 1. The fourth-order valence-corrected chi connectivity index (χ4v) is 15.5. The molecule has 7 aromatic carbocycles. The van der Waals surface area contributed by atoms with Gasteiger partial charge in [0.15, 0.2) is 0 Å². The number of hydrogen-bond acceptors (Lipinski definition) is 3.